The standard InChI is InChI=1S/C17H11F4NOS/c1-17(23,10-2-3-13(20)14(21)6-10)16-22-15(8-24-16)9-4-11(18)7-12(19)5-9/h2-8,23H,1H3. The molecule has 0 radical (unpaired) electrons. The molecule has 0 aliphatic carbocycles. The number of thiazole rings is 1. The monoisotopic (exact) mass is 353 g/mol. The number of halogens is 4. The van der Waals surface area contributed by atoms with Gasteiger partial charge in [0.15, 0.2) is 11.6 Å². The van der Waals surface area contributed by atoms with Crippen LogP contribution in [0.2, 0.25) is 0 Å². The summed E-state index contributed by atoms with van der Waals surface area (Å²) in [4.78, 5) is 4.18. The van der Waals surface area contributed by atoms with Crippen LogP contribution < -0.4 is 0 Å². The summed E-state index contributed by atoms with van der Waals surface area (Å²) in [7, 11) is 0. The van der Waals surface area contributed by atoms with Gasteiger partial charge in [-0.3, -0.25) is 0 Å². The maximum atomic E-state index is 13.4. The lowest BCUT2D eigenvalue weighted by Crippen LogP contribution is -2.23. The fourth-order valence-corrected chi connectivity index (χ4v) is 3.16. The Morgan fingerprint density at radius 3 is 2.25 bits per heavy atom. The molecule has 124 valence electrons. The predicted molar refractivity (Wildman–Crippen MR) is 82.5 cm³/mol. The zero-order valence-corrected chi connectivity index (χ0v) is 13.2. The van der Waals surface area contributed by atoms with Crippen LogP contribution in [0.4, 0.5) is 17.6 Å². The van der Waals surface area contributed by atoms with Crippen LogP contribution in [0, 0.1) is 23.3 Å². The van der Waals surface area contributed by atoms with Crippen molar-refractivity contribution in [3.63, 3.8) is 0 Å². The highest BCUT2D eigenvalue weighted by Gasteiger charge is 2.30. The largest absolute Gasteiger partial charge is 0.378 e. The van der Waals surface area contributed by atoms with Crippen LogP contribution in [0.1, 0.15) is 17.5 Å². The third kappa shape index (κ3) is 3.05. The van der Waals surface area contributed by atoms with E-state index in [9.17, 15) is 22.7 Å². The van der Waals surface area contributed by atoms with Crippen molar-refractivity contribution < 1.29 is 22.7 Å². The molecule has 0 fully saturated rings. The fourth-order valence-electron chi connectivity index (χ4n) is 2.25. The van der Waals surface area contributed by atoms with Crippen molar-refractivity contribution in [1.82, 2.24) is 4.98 Å². The lowest BCUT2D eigenvalue weighted by Gasteiger charge is -2.21. The molecular formula is C17H11F4NOS. The van der Waals surface area contributed by atoms with E-state index in [0.717, 1.165) is 41.7 Å². The van der Waals surface area contributed by atoms with Gasteiger partial charge in [-0.15, -0.1) is 11.3 Å². The second kappa shape index (κ2) is 5.99. The van der Waals surface area contributed by atoms with Gasteiger partial charge in [0.2, 0.25) is 0 Å². The van der Waals surface area contributed by atoms with E-state index in [1.165, 1.54) is 18.4 Å². The number of nitrogens with zero attached hydrogens (tertiary/aromatic N) is 1. The van der Waals surface area contributed by atoms with Crippen LogP contribution in [0.5, 0.6) is 0 Å². The van der Waals surface area contributed by atoms with Crippen molar-refractivity contribution in [2.45, 2.75) is 12.5 Å². The summed E-state index contributed by atoms with van der Waals surface area (Å²) in [6.45, 7) is 1.38. The van der Waals surface area contributed by atoms with Crippen LogP contribution >= 0.6 is 11.3 Å². The molecule has 2 aromatic carbocycles. The van der Waals surface area contributed by atoms with E-state index < -0.39 is 28.9 Å². The van der Waals surface area contributed by atoms with Gasteiger partial charge in [-0.25, -0.2) is 22.5 Å². The molecule has 0 saturated carbocycles. The Balaban J connectivity index is 2.01. The minimum absolute atomic E-state index is 0.118. The molecule has 0 saturated heterocycles. The second-order valence-electron chi connectivity index (χ2n) is 5.40. The van der Waals surface area contributed by atoms with Crippen LogP contribution in [-0.4, -0.2) is 10.1 Å². The SMILES string of the molecule is CC(O)(c1ccc(F)c(F)c1)c1nc(-c2cc(F)cc(F)c2)cs1. The summed E-state index contributed by atoms with van der Waals surface area (Å²) in [6.07, 6.45) is 0. The summed E-state index contributed by atoms with van der Waals surface area (Å²) in [5.74, 6) is -3.60. The summed E-state index contributed by atoms with van der Waals surface area (Å²) in [5.41, 5.74) is -1.07. The Morgan fingerprint density at radius 1 is 0.958 bits per heavy atom. The molecule has 1 N–H and O–H groups in total. The Bertz CT molecular complexity index is 887. The van der Waals surface area contributed by atoms with Gasteiger partial charge in [-0.05, 0) is 36.8 Å². The van der Waals surface area contributed by atoms with Gasteiger partial charge in [-0.2, -0.15) is 0 Å². The highest BCUT2D eigenvalue weighted by molar-refractivity contribution is 7.10. The van der Waals surface area contributed by atoms with Crippen molar-refractivity contribution in [2.75, 3.05) is 0 Å². The molecule has 0 aliphatic rings. The highest BCUT2D eigenvalue weighted by atomic mass is 32.1. The molecule has 1 aromatic heterocycles. The minimum Gasteiger partial charge on any atom is -0.378 e. The van der Waals surface area contributed by atoms with Crippen molar-refractivity contribution in [1.29, 1.82) is 0 Å². The molecule has 0 spiro atoms. The van der Waals surface area contributed by atoms with Gasteiger partial charge in [0.05, 0.1) is 5.69 Å². The number of benzene rings is 2. The minimum atomic E-state index is -1.68. The zero-order valence-electron chi connectivity index (χ0n) is 12.4. The van der Waals surface area contributed by atoms with Gasteiger partial charge in [0, 0.05) is 17.0 Å². The van der Waals surface area contributed by atoms with Crippen molar-refractivity contribution >= 4 is 11.3 Å². The number of rotatable bonds is 3. The first-order valence-electron chi connectivity index (χ1n) is 6.88. The van der Waals surface area contributed by atoms with E-state index in [-0.39, 0.29) is 21.8 Å². The van der Waals surface area contributed by atoms with Gasteiger partial charge < -0.3 is 5.11 Å². The Hall–Kier alpha value is -2.25. The predicted octanol–water partition coefficient (Wildman–Crippen LogP) is 4.62. The molecule has 1 atom stereocenters. The smallest absolute Gasteiger partial charge is 0.159 e. The molecule has 0 bridgehead atoms. The molecule has 1 unspecified atom stereocenters. The summed E-state index contributed by atoms with van der Waals surface area (Å²) in [5, 5.41) is 12.4. The molecule has 24 heavy (non-hydrogen) atoms. The maximum absolute atomic E-state index is 13.4. The molecule has 2 nitrogen and oxygen atoms in total. The quantitative estimate of drug-likeness (QED) is 0.697. The first kappa shape index (κ1) is 16.6. The second-order valence-corrected chi connectivity index (χ2v) is 6.26. The van der Waals surface area contributed by atoms with Crippen LogP contribution in [-0.2, 0) is 5.60 Å². The number of aromatic nitrogens is 1. The van der Waals surface area contributed by atoms with E-state index in [2.05, 4.69) is 4.98 Å². The number of hydrogen-bond donors (Lipinski definition) is 1. The first-order chi connectivity index (χ1) is 11.3. The molecule has 0 aliphatic heterocycles. The summed E-state index contributed by atoms with van der Waals surface area (Å²) >= 11 is 1.05. The normalized spacial score (nSPS) is 13.8. The van der Waals surface area contributed by atoms with Gasteiger partial charge in [-0.1, -0.05) is 6.07 Å². The van der Waals surface area contributed by atoms with Crippen LogP contribution in [0.3, 0.4) is 0 Å². The third-order valence-electron chi connectivity index (χ3n) is 3.56. The van der Waals surface area contributed by atoms with Crippen molar-refractivity contribution in [3.05, 3.63) is 75.6 Å². The molecule has 3 aromatic rings. The van der Waals surface area contributed by atoms with Crippen LogP contribution in [0.25, 0.3) is 11.3 Å². The zero-order chi connectivity index (χ0) is 17.5. The lowest BCUT2D eigenvalue weighted by atomic mass is 9.96. The summed E-state index contributed by atoms with van der Waals surface area (Å²) < 4.78 is 53.1. The van der Waals surface area contributed by atoms with Crippen LogP contribution in [0.15, 0.2) is 41.8 Å². The van der Waals surface area contributed by atoms with Gasteiger partial charge >= 0.3 is 0 Å². The molecule has 1 heterocycles. The number of aliphatic hydroxyl groups is 1. The topological polar surface area (TPSA) is 33.1 Å². The molecule has 7 heteroatoms. The highest BCUT2D eigenvalue weighted by Crippen LogP contribution is 2.34. The van der Waals surface area contributed by atoms with E-state index >= 15 is 0 Å². The van der Waals surface area contributed by atoms with E-state index in [1.54, 1.807) is 0 Å². The number of hydrogen-bond acceptors (Lipinski definition) is 3. The lowest BCUT2D eigenvalue weighted by molar-refractivity contribution is 0.101. The Labute approximate surface area is 139 Å². The van der Waals surface area contributed by atoms with E-state index in [0.29, 0.717) is 0 Å². The summed E-state index contributed by atoms with van der Waals surface area (Å²) in [6, 6.07) is 6.03. The molecular weight excluding hydrogens is 342 g/mol. The van der Waals surface area contributed by atoms with E-state index in [1.807, 2.05) is 0 Å². The van der Waals surface area contributed by atoms with Crippen molar-refractivity contribution in [3.8, 4) is 11.3 Å². The average Bonchev–Trinajstić information content (AvgIpc) is 2.99. The van der Waals surface area contributed by atoms with Crippen molar-refractivity contribution in [2.24, 2.45) is 0 Å². The molecule has 3 rings (SSSR count). The fraction of sp³-hybridized carbons (Fsp3) is 0.118. The van der Waals surface area contributed by atoms with Gasteiger partial charge in [0.1, 0.15) is 22.2 Å². The van der Waals surface area contributed by atoms with Gasteiger partial charge in [0.25, 0.3) is 0 Å². The molecule has 0 amide bonds. The Morgan fingerprint density at radius 2 is 1.62 bits per heavy atom. The van der Waals surface area contributed by atoms with E-state index in [4.69, 9.17) is 0 Å². The third-order valence-corrected chi connectivity index (χ3v) is 4.61. The maximum Gasteiger partial charge on any atom is 0.159 e. The average molecular weight is 353 g/mol. The Kier molecular flexibility index (Phi) is 4.15. The first-order valence-corrected chi connectivity index (χ1v) is 7.75.